The number of nitrogens with one attached hydrogen (secondary N) is 2. The number of benzene rings is 3. The molecule has 0 spiro atoms. The second kappa shape index (κ2) is 11.6. The number of hydrogen-bond donors (Lipinski definition) is 4. The molecule has 1 aliphatic rings. The van der Waals surface area contributed by atoms with E-state index in [0.717, 1.165) is 16.7 Å². The summed E-state index contributed by atoms with van der Waals surface area (Å²) >= 11 is 0. The molecule has 1 fully saturated rings. The molecule has 3 aromatic carbocycles. The summed E-state index contributed by atoms with van der Waals surface area (Å²) in [5.74, 6) is -0.300. The molecule has 2 amide bonds. The van der Waals surface area contributed by atoms with Crippen LogP contribution in [0.2, 0.25) is 0 Å². The van der Waals surface area contributed by atoms with Gasteiger partial charge in [-0.1, -0.05) is 84.9 Å². The lowest BCUT2D eigenvalue weighted by molar-refractivity contribution is -0.139. The van der Waals surface area contributed by atoms with Crippen molar-refractivity contribution in [2.75, 3.05) is 6.54 Å². The van der Waals surface area contributed by atoms with Crippen molar-refractivity contribution in [1.82, 2.24) is 10.2 Å². The third kappa shape index (κ3) is 6.17. The van der Waals surface area contributed by atoms with Gasteiger partial charge in [-0.2, -0.15) is 0 Å². The van der Waals surface area contributed by atoms with Gasteiger partial charge in [0, 0.05) is 24.6 Å². The predicted octanol–water partition coefficient (Wildman–Crippen LogP) is 2.93. The van der Waals surface area contributed by atoms with Crippen LogP contribution >= 0.6 is 0 Å². The second-order valence-corrected chi connectivity index (χ2v) is 9.31. The highest BCUT2D eigenvalue weighted by Crippen LogP contribution is 2.32. The van der Waals surface area contributed by atoms with E-state index < -0.39 is 12.1 Å². The zero-order valence-corrected chi connectivity index (χ0v) is 20.3. The van der Waals surface area contributed by atoms with Crippen LogP contribution in [-0.2, 0) is 22.6 Å². The van der Waals surface area contributed by atoms with E-state index in [2.05, 4.69) is 5.32 Å². The minimum Gasteiger partial charge on any atom is -0.384 e. The predicted molar refractivity (Wildman–Crippen MR) is 141 cm³/mol. The molecule has 36 heavy (non-hydrogen) atoms. The van der Waals surface area contributed by atoms with Crippen molar-refractivity contribution in [1.29, 1.82) is 5.41 Å². The van der Waals surface area contributed by atoms with Gasteiger partial charge in [0.15, 0.2) is 0 Å². The van der Waals surface area contributed by atoms with E-state index in [-0.39, 0.29) is 23.6 Å². The highest BCUT2D eigenvalue weighted by atomic mass is 16.2. The summed E-state index contributed by atoms with van der Waals surface area (Å²) in [5.41, 5.74) is 15.6. The summed E-state index contributed by atoms with van der Waals surface area (Å²) in [5, 5.41) is 10.5. The van der Waals surface area contributed by atoms with Crippen molar-refractivity contribution in [3.05, 3.63) is 107 Å². The zero-order chi connectivity index (χ0) is 25.5. The molecule has 7 heteroatoms. The number of aryl methyl sites for hydroxylation is 1. The van der Waals surface area contributed by atoms with Gasteiger partial charge in [0.2, 0.25) is 11.8 Å². The van der Waals surface area contributed by atoms with Crippen molar-refractivity contribution in [3.8, 4) is 0 Å². The van der Waals surface area contributed by atoms with E-state index in [0.29, 0.717) is 37.9 Å². The fourth-order valence-electron chi connectivity index (χ4n) is 4.71. The molecule has 1 unspecified atom stereocenters. The topological polar surface area (TPSA) is 125 Å². The van der Waals surface area contributed by atoms with Crippen LogP contribution in [0.1, 0.15) is 41.0 Å². The van der Waals surface area contributed by atoms with E-state index in [9.17, 15) is 9.59 Å². The fraction of sp³-hybridized carbons (Fsp3) is 0.276. The average Bonchev–Trinajstić information content (AvgIpc) is 3.37. The van der Waals surface area contributed by atoms with Crippen LogP contribution in [0.3, 0.4) is 0 Å². The van der Waals surface area contributed by atoms with Gasteiger partial charge in [0.1, 0.15) is 11.9 Å². The summed E-state index contributed by atoms with van der Waals surface area (Å²) in [6.07, 6.45) is 1.78. The molecule has 0 saturated carbocycles. The molecular weight excluding hydrogens is 450 g/mol. The zero-order valence-electron chi connectivity index (χ0n) is 20.3. The first-order chi connectivity index (χ1) is 17.4. The standard InChI is InChI=1S/C29H33N5O2/c30-25(16-13-20-7-3-1-4-8-20)29(36)34-19-24(22-9-5-2-6-10-22)17-26(34)28(35)33-18-21-11-14-23(15-12-21)27(31)32/h1-12,14-15,24-26H,13,16-19,30H2,(H3,31,32)(H,33,35)/t24-,25?,26-/m0/s1. The van der Waals surface area contributed by atoms with Crippen LogP contribution in [0, 0.1) is 5.41 Å². The number of nitrogens with two attached hydrogens (primary N) is 2. The van der Waals surface area contributed by atoms with Crippen molar-refractivity contribution >= 4 is 17.6 Å². The number of amides is 2. The van der Waals surface area contributed by atoms with Crippen molar-refractivity contribution in [3.63, 3.8) is 0 Å². The number of carbonyl (C=O) groups is 2. The van der Waals surface area contributed by atoms with Crippen molar-refractivity contribution in [2.24, 2.45) is 11.5 Å². The molecule has 0 bridgehead atoms. The van der Waals surface area contributed by atoms with Crippen LogP contribution in [0.15, 0.2) is 84.9 Å². The van der Waals surface area contributed by atoms with Gasteiger partial charge in [0.05, 0.1) is 6.04 Å². The molecule has 6 N–H and O–H groups in total. The Morgan fingerprint density at radius 3 is 2.22 bits per heavy atom. The van der Waals surface area contributed by atoms with E-state index >= 15 is 0 Å². The summed E-state index contributed by atoms with van der Waals surface area (Å²) in [6.45, 7) is 0.791. The van der Waals surface area contributed by atoms with Gasteiger partial charge in [-0.05, 0) is 36.0 Å². The first-order valence-corrected chi connectivity index (χ1v) is 12.3. The lowest BCUT2D eigenvalue weighted by Crippen LogP contribution is -2.51. The maximum absolute atomic E-state index is 13.4. The van der Waals surface area contributed by atoms with Gasteiger partial charge in [-0.25, -0.2) is 0 Å². The molecule has 4 rings (SSSR count). The highest BCUT2D eigenvalue weighted by Gasteiger charge is 2.41. The molecule has 1 aliphatic heterocycles. The quantitative estimate of drug-likeness (QED) is 0.276. The Balaban J connectivity index is 1.44. The minimum absolute atomic E-state index is 0.00116. The molecule has 7 nitrogen and oxygen atoms in total. The summed E-state index contributed by atoms with van der Waals surface area (Å²) in [6, 6.07) is 25.9. The van der Waals surface area contributed by atoms with E-state index in [1.54, 1.807) is 17.0 Å². The number of nitrogens with zero attached hydrogens (tertiary/aromatic N) is 1. The number of hydrogen-bond acceptors (Lipinski definition) is 4. The molecular formula is C29H33N5O2. The highest BCUT2D eigenvalue weighted by molar-refractivity contribution is 5.95. The third-order valence-electron chi connectivity index (χ3n) is 6.79. The Hall–Kier alpha value is -3.97. The van der Waals surface area contributed by atoms with Crippen LogP contribution in [-0.4, -0.2) is 41.2 Å². The third-order valence-corrected chi connectivity index (χ3v) is 6.79. The SMILES string of the molecule is N=C(N)c1ccc(CNC(=O)[C@@H]2C[C@H](c3ccccc3)CN2C(=O)C(N)CCc2ccccc2)cc1. The van der Waals surface area contributed by atoms with Crippen LogP contribution in [0.5, 0.6) is 0 Å². The second-order valence-electron chi connectivity index (χ2n) is 9.31. The molecule has 1 saturated heterocycles. The van der Waals surface area contributed by atoms with Crippen molar-refractivity contribution < 1.29 is 9.59 Å². The molecule has 3 atom stereocenters. The summed E-state index contributed by atoms with van der Waals surface area (Å²) in [4.78, 5) is 28.4. The molecule has 3 aromatic rings. The minimum atomic E-state index is -0.672. The first kappa shape index (κ1) is 25.1. The van der Waals surface area contributed by atoms with Gasteiger partial charge >= 0.3 is 0 Å². The maximum atomic E-state index is 13.4. The lowest BCUT2D eigenvalue weighted by atomic mass is 9.96. The Morgan fingerprint density at radius 1 is 0.944 bits per heavy atom. The van der Waals surface area contributed by atoms with Crippen LogP contribution < -0.4 is 16.8 Å². The van der Waals surface area contributed by atoms with Crippen LogP contribution in [0.25, 0.3) is 0 Å². The number of amidine groups is 1. The van der Waals surface area contributed by atoms with E-state index in [4.69, 9.17) is 16.9 Å². The number of nitrogen functional groups attached to an aromatic ring is 1. The Morgan fingerprint density at radius 2 is 1.58 bits per heavy atom. The first-order valence-electron chi connectivity index (χ1n) is 12.3. The number of carbonyl (C=O) groups excluding carboxylic acids is 2. The monoisotopic (exact) mass is 483 g/mol. The van der Waals surface area contributed by atoms with Crippen LogP contribution in [0.4, 0.5) is 0 Å². The molecule has 0 aromatic heterocycles. The molecule has 0 aliphatic carbocycles. The normalized spacial score (nSPS) is 18.0. The smallest absolute Gasteiger partial charge is 0.243 e. The van der Waals surface area contributed by atoms with Gasteiger partial charge in [-0.3, -0.25) is 15.0 Å². The summed E-state index contributed by atoms with van der Waals surface area (Å²) in [7, 11) is 0. The fourth-order valence-corrected chi connectivity index (χ4v) is 4.71. The largest absolute Gasteiger partial charge is 0.384 e. The number of likely N-dealkylation sites (tertiary alicyclic amines) is 1. The Kier molecular flexibility index (Phi) is 8.13. The number of rotatable bonds is 9. The Bertz CT molecular complexity index is 1180. The van der Waals surface area contributed by atoms with E-state index in [1.807, 2.05) is 72.8 Å². The lowest BCUT2D eigenvalue weighted by Gasteiger charge is -2.27. The molecule has 1 heterocycles. The summed E-state index contributed by atoms with van der Waals surface area (Å²) < 4.78 is 0. The molecule has 186 valence electrons. The van der Waals surface area contributed by atoms with Gasteiger partial charge in [0.25, 0.3) is 0 Å². The van der Waals surface area contributed by atoms with E-state index in [1.165, 1.54) is 0 Å². The Labute approximate surface area is 212 Å². The maximum Gasteiger partial charge on any atom is 0.243 e. The average molecular weight is 484 g/mol. The molecule has 0 radical (unpaired) electrons. The van der Waals surface area contributed by atoms with Gasteiger partial charge < -0.3 is 21.7 Å². The van der Waals surface area contributed by atoms with Gasteiger partial charge in [-0.15, -0.1) is 0 Å². The van der Waals surface area contributed by atoms with Crippen molar-refractivity contribution in [2.45, 2.75) is 43.8 Å².